The molecule has 0 atom stereocenters. The molecule has 0 unspecified atom stereocenters. The second-order valence-corrected chi connectivity index (χ2v) is 5.52. The first kappa shape index (κ1) is 16.5. The first-order valence-corrected chi connectivity index (χ1v) is 7.23. The standard InChI is InChI=1S/C14H11Cl3N4O/c1-7-3-2-4-8(5-7)6-19-21-14(22)12-9(15)11(18)10(16)13(17)20-12/h2-6H,1H3,(H2,18,20)(H,21,22). The Morgan fingerprint density at radius 3 is 2.73 bits per heavy atom. The van der Waals surface area contributed by atoms with Crippen LogP contribution in [0, 0.1) is 6.92 Å². The van der Waals surface area contributed by atoms with Gasteiger partial charge in [0.2, 0.25) is 0 Å². The summed E-state index contributed by atoms with van der Waals surface area (Å²) in [6, 6.07) is 7.61. The van der Waals surface area contributed by atoms with Gasteiger partial charge in [0, 0.05) is 0 Å². The predicted molar refractivity (Wildman–Crippen MR) is 89.9 cm³/mol. The molecule has 0 bridgehead atoms. The molecule has 0 aliphatic carbocycles. The maximum absolute atomic E-state index is 12.0. The van der Waals surface area contributed by atoms with Crippen LogP contribution in [0.15, 0.2) is 29.4 Å². The van der Waals surface area contributed by atoms with E-state index < -0.39 is 5.91 Å². The number of hydrazone groups is 1. The molecule has 3 N–H and O–H groups in total. The molecule has 5 nitrogen and oxygen atoms in total. The average Bonchev–Trinajstić information content (AvgIpc) is 2.48. The number of aryl methyl sites for hydroxylation is 1. The SMILES string of the molecule is Cc1cccc(C=NNC(=O)c2nc(Cl)c(Cl)c(N)c2Cl)c1. The summed E-state index contributed by atoms with van der Waals surface area (Å²) in [5.41, 5.74) is 9.73. The Bertz CT molecular complexity index is 762. The van der Waals surface area contributed by atoms with Crippen molar-refractivity contribution in [1.29, 1.82) is 0 Å². The topological polar surface area (TPSA) is 80.4 Å². The van der Waals surface area contributed by atoms with Crippen LogP contribution >= 0.6 is 34.8 Å². The van der Waals surface area contributed by atoms with Gasteiger partial charge in [0.25, 0.3) is 5.91 Å². The third-order valence-corrected chi connectivity index (χ3v) is 3.84. The van der Waals surface area contributed by atoms with Gasteiger partial charge in [-0.05, 0) is 12.5 Å². The number of benzene rings is 1. The highest BCUT2D eigenvalue weighted by Gasteiger charge is 2.19. The van der Waals surface area contributed by atoms with Crippen molar-refractivity contribution in [3.8, 4) is 0 Å². The number of hydrogen-bond donors (Lipinski definition) is 2. The number of pyridine rings is 1. The molecule has 22 heavy (non-hydrogen) atoms. The summed E-state index contributed by atoms with van der Waals surface area (Å²) in [7, 11) is 0. The van der Waals surface area contributed by atoms with Gasteiger partial charge in [-0.3, -0.25) is 4.79 Å². The van der Waals surface area contributed by atoms with Gasteiger partial charge in [0.1, 0.15) is 5.02 Å². The number of carbonyl (C=O) groups is 1. The van der Waals surface area contributed by atoms with Crippen LogP contribution in [0.3, 0.4) is 0 Å². The molecule has 0 spiro atoms. The largest absolute Gasteiger partial charge is 0.396 e. The van der Waals surface area contributed by atoms with Crippen molar-refractivity contribution in [3.05, 3.63) is 56.3 Å². The molecule has 1 aromatic carbocycles. The van der Waals surface area contributed by atoms with E-state index in [9.17, 15) is 4.79 Å². The van der Waals surface area contributed by atoms with Crippen LogP contribution in [0.1, 0.15) is 21.6 Å². The molecular weight excluding hydrogens is 347 g/mol. The lowest BCUT2D eigenvalue weighted by Crippen LogP contribution is -2.20. The highest BCUT2D eigenvalue weighted by atomic mass is 35.5. The van der Waals surface area contributed by atoms with E-state index in [1.165, 1.54) is 6.21 Å². The highest BCUT2D eigenvalue weighted by Crippen LogP contribution is 2.34. The quantitative estimate of drug-likeness (QED) is 0.499. The Kier molecular flexibility index (Phi) is 5.24. The zero-order chi connectivity index (χ0) is 16.3. The Labute approximate surface area is 142 Å². The third kappa shape index (κ3) is 3.68. The molecule has 114 valence electrons. The molecule has 2 rings (SSSR count). The molecule has 0 fully saturated rings. The number of nitrogens with zero attached hydrogens (tertiary/aromatic N) is 2. The summed E-state index contributed by atoms with van der Waals surface area (Å²) in [6.45, 7) is 1.96. The smallest absolute Gasteiger partial charge is 0.291 e. The summed E-state index contributed by atoms with van der Waals surface area (Å²) >= 11 is 17.5. The van der Waals surface area contributed by atoms with Crippen LogP contribution in [0.4, 0.5) is 5.69 Å². The van der Waals surface area contributed by atoms with Crippen LogP contribution in [0.2, 0.25) is 15.2 Å². The van der Waals surface area contributed by atoms with E-state index >= 15 is 0 Å². The number of nitrogens with one attached hydrogen (secondary N) is 1. The average molecular weight is 358 g/mol. The molecule has 8 heteroatoms. The highest BCUT2D eigenvalue weighted by molar-refractivity contribution is 6.46. The molecule has 0 aliphatic rings. The van der Waals surface area contributed by atoms with E-state index in [4.69, 9.17) is 40.5 Å². The van der Waals surface area contributed by atoms with Gasteiger partial charge in [-0.15, -0.1) is 0 Å². The van der Waals surface area contributed by atoms with E-state index in [1.54, 1.807) is 0 Å². The van der Waals surface area contributed by atoms with Crippen molar-refractivity contribution in [2.45, 2.75) is 6.92 Å². The van der Waals surface area contributed by atoms with Crippen molar-refractivity contribution < 1.29 is 4.79 Å². The molecule has 1 amide bonds. The Morgan fingerprint density at radius 1 is 1.32 bits per heavy atom. The van der Waals surface area contributed by atoms with Crippen molar-refractivity contribution in [1.82, 2.24) is 10.4 Å². The molecule has 0 aliphatic heterocycles. The Balaban J connectivity index is 2.17. The van der Waals surface area contributed by atoms with Crippen LogP contribution in [0.5, 0.6) is 0 Å². The van der Waals surface area contributed by atoms with Gasteiger partial charge in [0.15, 0.2) is 10.8 Å². The summed E-state index contributed by atoms with van der Waals surface area (Å²) < 4.78 is 0. The molecule has 1 aromatic heterocycles. The van der Waals surface area contributed by atoms with Crippen LogP contribution < -0.4 is 11.2 Å². The van der Waals surface area contributed by atoms with Gasteiger partial charge >= 0.3 is 0 Å². The van der Waals surface area contributed by atoms with Gasteiger partial charge in [-0.25, -0.2) is 10.4 Å². The molecule has 0 saturated heterocycles. The minimum absolute atomic E-state index is 0.00357. The Morgan fingerprint density at radius 2 is 2.05 bits per heavy atom. The number of carbonyl (C=O) groups excluding carboxylic acids is 1. The lowest BCUT2D eigenvalue weighted by Gasteiger charge is -2.07. The van der Waals surface area contributed by atoms with Gasteiger partial charge in [0.05, 0.1) is 16.9 Å². The molecule has 2 aromatic rings. The van der Waals surface area contributed by atoms with E-state index in [0.29, 0.717) is 0 Å². The fraction of sp³-hybridized carbons (Fsp3) is 0.0714. The number of halogens is 3. The predicted octanol–water partition coefficient (Wildman–Crippen LogP) is 3.70. The first-order chi connectivity index (χ1) is 10.4. The van der Waals surface area contributed by atoms with Crippen LogP contribution in [-0.4, -0.2) is 17.1 Å². The molecule has 0 radical (unpaired) electrons. The van der Waals surface area contributed by atoms with Crippen molar-refractivity contribution >= 4 is 52.6 Å². The van der Waals surface area contributed by atoms with E-state index in [-0.39, 0.29) is 26.6 Å². The lowest BCUT2D eigenvalue weighted by molar-refractivity contribution is 0.0950. The Hall–Kier alpha value is -1.82. The van der Waals surface area contributed by atoms with Crippen molar-refractivity contribution in [2.24, 2.45) is 5.10 Å². The second-order valence-electron chi connectivity index (χ2n) is 4.41. The minimum Gasteiger partial charge on any atom is -0.396 e. The summed E-state index contributed by atoms with van der Waals surface area (Å²) in [6.07, 6.45) is 1.50. The lowest BCUT2D eigenvalue weighted by atomic mass is 10.2. The maximum Gasteiger partial charge on any atom is 0.291 e. The van der Waals surface area contributed by atoms with Crippen molar-refractivity contribution in [3.63, 3.8) is 0 Å². The van der Waals surface area contributed by atoms with E-state index in [0.717, 1.165) is 11.1 Å². The number of rotatable bonds is 3. The fourth-order valence-electron chi connectivity index (χ4n) is 1.65. The summed E-state index contributed by atoms with van der Waals surface area (Å²) in [5.74, 6) is -0.640. The minimum atomic E-state index is -0.640. The van der Waals surface area contributed by atoms with Gasteiger partial charge in [-0.2, -0.15) is 5.10 Å². The number of hydrogen-bond acceptors (Lipinski definition) is 4. The van der Waals surface area contributed by atoms with Gasteiger partial charge in [-0.1, -0.05) is 64.6 Å². The normalized spacial score (nSPS) is 10.9. The van der Waals surface area contributed by atoms with E-state index in [1.807, 2.05) is 31.2 Å². The molecular formula is C14H11Cl3N4O. The van der Waals surface area contributed by atoms with Gasteiger partial charge < -0.3 is 5.73 Å². The van der Waals surface area contributed by atoms with E-state index in [2.05, 4.69) is 15.5 Å². The van der Waals surface area contributed by atoms with Crippen LogP contribution in [0.25, 0.3) is 0 Å². The van der Waals surface area contributed by atoms with Crippen molar-refractivity contribution in [2.75, 3.05) is 5.73 Å². The molecule has 1 heterocycles. The number of anilines is 1. The number of amides is 1. The maximum atomic E-state index is 12.0. The zero-order valence-electron chi connectivity index (χ0n) is 11.4. The first-order valence-electron chi connectivity index (χ1n) is 6.10. The number of aromatic nitrogens is 1. The summed E-state index contributed by atoms with van der Waals surface area (Å²) in [4.78, 5) is 15.8. The fourth-order valence-corrected chi connectivity index (χ4v) is 2.24. The third-order valence-electron chi connectivity index (χ3n) is 2.71. The molecule has 0 saturated carbocycles. The second kappa shape index (κ2) is 6.96. The monoisotopic (exact) mass is 356 g/mol. The van der Waals surface area contributed by atoms with Crippen LogP contribution in [-0.2, 0) is 0 Å². The summed E-state index contributed by atoms with van der Waals surface area (Å²) in [5, 5.41) is 3.68. The zero-order valence-corrected chi connectivity index (χ0v) is 13.7. The number of nitrogen functional groups attached to an aromatic ring is 1. The number of nitrogens with two attached hydrogens (primary N) is 1.